The quantitative estimate of drug-likeness (QED) is 0.415. The van der Waals surface area contributed by atoms with Crippen LogP contribution in [0, 0.1) is 46.3 Å². The zero-order valence-electron chi connectivity index (χ0n) is 23.2. The minimum absolute atomic E-state index is 0.0389. The molecule has 1 aromatic heterocycles. The van der Waals surface area contributed by atoms with Gasteiger partial charge in [-0.1, -0.05) is 20.8 Å². The standard InChI is InChI=1S/C31H48N2O3S/c1-18(8-13-28(36)33-29-32-25-6-4-5-7-26(25)37-29)22-11-12-23-21-10-9-19-16-20(34)14-15-30(19,2)24(21)17-27(35)31(22,23)3/h18-24,27,34-35H,4-17H2,1-3H3,(H,32,33,36)/t18-,19-,20-,21+,22-,23+,24+,27+,30+,31-/m1/s1. The van der Waals surface area contributed by atoms with Crippen LogP contribution < -0.4 is 5.32 Å². The molecule has 1 aromatic rings. The topological polar surface area (TPSA) is 82.5 Å². The number of aryl methyl sites for hydroxylation is 2. The summed E-state index contributed by atoms with van der Waals surface area (Å²) in [6.45, 7) is 7.21. The third kappa shape index (κ3) is 4.41. The first-order valence-corrected chi connectivity index (χ1v) is 16.2. The fourth-order valence-corrected chi connectivity index (χ4v) is 11.4. The lowest BCUT2D eigenvalue weighted by atomic mass is 9.43. The second-order valence-electron chi connectivity index (χ2n) is 14.0. The molecule has 0 unspecified atom stereocenters. The van der Waals surface area contributed by atoms with Crippen LogP contribution in [0.1, 0.15) is 108 Å². The van der Waals surface area contributed by atoms with Crippen LogP contribution in [0.25, 0.3) is 0 Å². The summed E-state index contributed by atoms with van der Waals surface area (Å²) < 4.78 is 0. The van der Waals surface area contributed by atoms with Gasteiger partial charge in [0, 0.05) is 11.3 Å². The molecule has 0 saturated heterocycles. The monoisotopic (exact) mass is 528 g/mol. The normalized spacial score (nSPS) is 43.8. The molecule has 0 aliphatic heterocycles. The van der Waals surface area contributed by atoms with Gasteiger partial charge in [-0.25, -0.2) is 4.98 Å². The maximum absolute atomic E-state index is 12.8. The highest BCUT2D eigenvalue weighted by atomic mass is 32.1. The Balaban J connectivity index is 1.10. The number of aromatic nitrogens is 1. The van der Waals surface area contributed by atoms with Crippen molar-refractivity contribution in [1.82, 2.24) is 4.98 Å². The van der Waals surface area contributed by atoms with Gasteiger partial charge in [0.15, 0.2) is 5.13 Å². The highest BCUT2D eigenvalue weighted by Crippen LogP contribution is 2.68. The van der Waals surface area contributed by atoms with Crippen LogP contribution in [0.3, 0.4) is 0 Å². The summed E-state index contributed by atoms with van der Waals surface area (Å²) >= 11 is 1.67. The van der Waals surface area contributed by atoms with Gasteiger partial charge in [-0.3, -0.25) is 4.79 Å². The van der Waals surface area contributed by atoms with Crippen LogP contribution in [0.4, 0.5) is 5.13 Å². The van der Waals surface area contributed by atoms with E-state index in [1.807, 2.05) is 0 Å². The zero-order chi connectivity index (χ0) is 25.9. The summed E-state index contributed by atoms with van der Waals surface area (Å²) in [4.78, 5) is 18.9. The molecule has 4 fully saturated rings. The van der Waals surface area contributed by atoms with Gasteiger partial charge in [0.05, 0.1) is 17.9 Å². The lowest BCUT2D eigenvalue weighted by molar-refractivity contribution is -0.174. The van der Waals surface area contributed by atoms with E-state index in [-0.39, 0.29) is 28.9 Å². The number of nitrogens with zero attached hydrogens (tertiary/aromatic N) is 1. The van der Waals surface area contributed by atoms with E-state index in [0.717, 1.165) is 50.1 Å². The van der Waals surface area contributed by atoms with E-state index in [1.165, 1.54) is 49.1 Å². The highest BCUT2D eigenvalue weighted by molar-refractivity contribution is 7.15. The number of carbonyl (C=O) groups excluding carboxylic acids is 1. The van der Waals surface area contributed by atoms with Gasteiger partial charge in [-0.15, -0.1) is 11.3 Å². The molecule has 206 valence electrons. The van der Waals surface area contributed by atoms with E-state index in [0.29, 0.717) is 41.9 Å². The number of fused-ring (bicyclic) bond motifs is 6. The predicted molar refractivity (Wildman–Crippen MR) is 148 cm³/mol. The SMILES string of the molecule is C[C@H](CCC(=O)Nc1nc2c(s1)CCCC2)[C@H]1CC[C@H]2[C@@H]3CC[C@@H]4C[C@H](O)CC[C@]4(C)[C@H]3C[C@H](O)[C@]12C. The van der Waals surface area contributed by atoms with Gasteiger partial charge >= 0.3 is 0 Å². The molecule has 10 atom stereocenters. The molecule has 0 bridgehead atoms. The molecule has 6 rings (SSSR count). The third-order valence-electron chi connectivity index (χ3n) is 12.4. The number of hydrogen-bond acceptors (Lipinski definition) is 5. The van der Waals surface area contributed by atoms with Crippen molar-refractivity contribution in [2.75, 3.05) is 5.32 Å². The summed E-state index contributed by atoms with van der Waals surface area (Å²) in [5, 5.41) is 26.0. The number of carbonyl (C=O) groups is 1. The van der Waals surface area contributed by atoms with E-state index < -0.39 is 0 Å². The minimum Gasteiger partial charge on any atom is -0.393 e. The van der Waals surface area contributed by atoms with Crippen LogP contribution in [0.2, 0.25) is 0 Å². The molecule has 3 N–H and O–H groups in total. The van der Waals surface area contributed by atoms with Crippen molar-refractivity contribution < 1.29 is 15.0 Å². The Kier molecular flexibility index (Phi) is 7.02. The average molecular weight is 529 g/mol. The van der Waals surface area contributed by atoms with Crippen LogP contribution in [0.15, 0.2) is 0 Å². The number of thiazole rings is 1. The van der Waals surface area contributed by atoms with Crippen LogP contribution in [-0.4, -0.2) is 33.3 Å². The average Bonchev–Trinajstić information content (AvgIpc) is 3.45. The fourth-order valence-electron chi connectivity index (χ4n) is 10.3. The first kappa shape index (κ1) is 26.3. The first-order chi connectivity index (χ1) is 17.7. The number of aliphatic hydroxyl groups excluding tert-OH is 2. The van der Waals surface area contributed by atoms with Crippen molar-refractivity contribution >= 4 is 22.4 Å². The van der Waals surface area contributed by atoms with Crippen LogP contribution in [-0.2, 0) is 17.6 Å². The van der Waals surface area contributed by atoms with Crippen LogP contribution >= 0.6 is 11.3 Å². The van der Waals surface area contributed by atoms with Crippen molar-refractivity contribution in [2.45, 2.75) is 123 Å². The Morgan fingerprint density at radius 3 is 2.70 bits per heavy atom. The number of rotatable bonds is 5. The Hall–Kier alpha value is -0.980. The molecule has 37 heavy (non-hydrogen) atoms. The van der Waals surface area contributed by atoms with E-state index >= 15 is 0 Å². The van der Waals surface area contributed by atoms with Crippen molar-refractivity contribution in [1.29, 1.82) is 0 Å². The maximum Gasteiger partial charge on any atom is 0.226 e. The molecule has 1 heterocycles. The maximum atomic E-state index is 12.8. The van der Waals surface area contributed by atoms with Crippen molar-refractivity contribution in [3.8, 4) is 0 Å². The van der Waals surface area contributed by atoms with Crippen LogP contribution in [0.5, 0.6) is 0 Å². The Labute approximate surface area is 227 Å². The molecular formula is C31H48N2O3S. The Bertz CT molecular complexity index is 987. The Morgan fingerprint density at radius 1 is 1.08 bits per heavy atom. The summed E-state index contributed by atoms with van der Waals surface area (Å²) in [7, 11) is 0. The highest BCUT2D eigenvalue weighted by Gasteiger charge is 2.63. The number of amides is 1. The summed E-state index contributed by atoms with van der Waals surface area (Å²) in [5.74, 6) is 3.51. The Morgan fingerprint density at radius 2 is 1.89 bits per heavy atom. The summed E-state index contributed by atoms with van der Waals surface area (Å²) in [6.07, 6.45) is 14.5. The van der Waals surface area contributed by atoms with Gasteiger partial charge in [-0.2, -0.15) is 0 Å². The largest absolute Gasteiger partial charge is 0.393 e. The molecule has 5 nitrogen and oxygen atoms in total. The lowest BCUT2D eigenvalue weighted by Gasteiger charge is -2.62. The van der Waals surface area contributed by atoms with Crippen molar-refractivity contribution in [3.63, 3.8) is 0 Å². The van der Waals surface area contributed by atoms with Gasteiger partial charge in [0.2, 0.25) is 5.91 Å². The van der Waals surface area contributed by atoms with E-state index in [4.69, 9.17) is 0 Å². The predicted octanol–water partition coefficient (Wildman–Crippen LogP) is 6.37. The van der Waals surface area contributed by atoms with Gasteiger partial charge in [-0.05, 0) is 130 Å². The molecule has 5 aliphatic rings. The van der Waals surface area contributed by atoms with E-state index in [1.54, 1.807) is 11.3 Å². The third-order valence-corrected chi connectivity index (χ3v) is 13.5. The van der Waals surface area contributed by atoms with Gasteiger partial charge in [0.1, 0.15) is 0 Å². The molecule has 4 saturated carbocycles. The molecule has 0 aromatic carbocycles. The number of aliphatic hydroxyl groups is 2. The number of nitrogens with one attached hydrogen (secondary N) is 1. The van der Waals surface area contributed by atoms with Gasteiger partial charge < -0.3 is 15.5 Å². The smallest absolute Gasteiger partial charge is 0.226 e. The second kappa shape index (κ2) is 9.89. The summed E-state index contributed by atoms with van der Waals surface area (Å²) in [6, 6.07) is 0. The molecule has 5 aliphatic carbocycles. The van der Waals surface area contributed by atoms with E-state index in [2.05, 4.69) is 31.1 Å². The summed E-state index contributed by atoms with van der Waals surface area (Å²) in [5.41, 5.74) is 1.44. The van der Waals surface area contributed by atoms with Crippen molar-refractivity contribution in [2.24, 2.45) is 46.3 Å². The second-order valence-corrected chi connectivity index (χ2v) is 15.1. The number of hydrogen-bond donors (Lipinski definition) is 3. The number of anilines is 1. The first-order valence-electron chi connectivity index (χ1n) is 15.3. The minimum atomic E-state index is -0.258. The lowest BCUT2D eigenvalue weighted by Crippen LogP contribution is -2.58. The molecule has 0 radical (unpaired) electrons. The van der Waals surface area contributed by atoms with E-state index in [9.17, 15) is 15.0 Å². The fraction of sp³-hybridized carbons (Fsp3) is 0.871. The molecular weight excluding hydrogens is 480 g/mol. The molecule has 6 heteroatoms. The van der Waals surface area contributed by atoms with Gasteiger partial charge in [0.25, 0.3) is 0 Å². The van der Waals surface area contributed by atoms with Crippen molar-refractivity contribution in [3.05, 3.63) is 10.6 Å². The zero-order valence-corrected chi connectivity index (χ0v) is 24.0. The molecule has 0 spiro atoms. The molecule has 1 amide bonds.